The monoisotopic (exact) mass is 286 g/mol. The Bertz CT molecular complexity index is 447. The van der Waals surface area contributed by atoms with Crippen LogP contribution >= 0.6 is 11.6 Å². The molecular weight excluding hydrogens is 280 g/mol. The molecule has 0 radical (unpaired) electrons. The molecule has 0 saturated heterocycles. The normalized spacial score (nSPS) is 13.2. The lowest BCUT2D eigenvalue weighted by molar-refractivity contribution is -0.200. The minimum absolute atomic E-state index is 0.274. The van der Waals surface area contributed by atoms with E-state index in [0.717, 1.165) is 12.1 Å². The van der Waals surface area contributed by atoms with E-state index in [1.165, 1.54) is 0 Å². The number of rotatable bonds is 4. The Balaban J connectivity index is 2.89. The number of benzene rings is 1. The average Bonchev–Trinajstić information content (AvgIpc) is 2.20. The number of aliphatic carboxylic acids is 1. The Labute approximate surface area is 104 Å². The summed E-state index contributed by atoms with van der Waals surface area (Å²) in [6, 6.07) is 2.69. The Hall–Kier alpha value is -1.50. The maximum Gasteiger partial charge on any atom is 0.425 e. The second-order valence-corrected chi connectivity index (χ2v) is 3.73. The van der Waals surface area contributed by atoms with Gasteiger partial charge in [0, 0.05) is 6.07 Å². The van der Waals surface area contributed by atoms with Crippen LogP contribution in [-0.2, 0) is 4.79 Å². The largest absolute Gasteiger partial charge is 0.481 e. The SMILES string of the molecule is O=C(O)CC(Oc1ccc(Cl)c(F)c1)C(F)(F)F. The van der Waals surface area contributed by atoms with Gasteiger partial charge in [-0.15, -0.1) is 0 Å². The second-order valence-electron chi connectivity index (χ2n) is 3.32. The summed E-state index contributed by atoms with van der Waals surface area (Å²) in [4.78, 5) is 10.3. The molecule has 1 rings (SSSR count). The van der Waals surface area contributed by atoms with Crippen LogP contribution in [0.15, 0.2) is 18.2 Å². The molecule has 0 aliphatic heterocycles. The first-order valence-corrected chi connectivity index (χ1v) is 4.98. The van der Waals surface area contributed by atoms with Crippen molar-refractivity contribution in [3.05, 3.63) is 29.0 Å². The van der Waals surface area contributed by atoms with Crippen LogP contribution in [0.5, 0.6) is 5.75 Å². The summed E-state index contributed by atoms with van der Waals surface area (Å²) in [7, 11) is 0. The van der Waals surface area contributed by atoms with E-state index >= 15 is 0 Å². The van der Waals surface area contributed by atoms with E-state index in [9.17, 15) is 22.4 Å². The molecule has 1 aromatic carbocycles. The zero-order valence-electron chi connectivity index (χ0n) is 8.67. The van der Waals surface area contributed by atoms with Crippen molar-refractivity contribution in [3.63, 3.8) is 0 Å². The summed E-state index contributed by atoms with van der Waals surface area (Å²) in [5, 5.41) is 8.07. The standard InChI is InChI=1S/C10H7ClF4O3/c11-6-2-1-5(3-7(6)12)18-8(4-9(16)17)10(13,14)15/h1-3,8H,4H2,(H,16,17). The maximum absolute atomic E-state index is 13.0. The van der Waals surface area contributed by atoms with Crippen molar-refractivity contribution >= 4 is 17.6 Å². The molecule has 8 heteroatoms. The van der Waals surface area contributed by atoms with Crippen molar-refractivity contribution < 1.29 is 32.2 Å². The van der Waals surface area contributed by atoms with Gasteiger partial charge in [0.15, 0.2) is 0 Å². The molecule has 0 saturated carbocycles. The maximum atomic E-state index is 13.0. The predicted molar refractivity (Wildman–Crippen MR) is 54.1 cm³/mol. The van der Waals surface area contributed by atoms with Crippen LogP contribution in [0.4, 0.5) is 17.6 Å². The fraction of sp³-hybridized carbons (Fsp3) is 0.300. The zero-order chi connectivity index (χ0) is 13.9. The van der Waals surface area contributed by atoms with Crippen LogP contribution in [0.3, 0.4) is 0 Å². The number of ether oxygens (including phenoxy) is 1. The number of alkyl halides is 3. The minimum Gasteiger partial charge on any atom is -0.481 e. The van der Waals surface area contributed by atoms with Crippen LogP contribution in [-0.4, -0.2) is 23.4 Å². The van der Waals surface area contributed by atoms with Gasteiger partial charge in [-0.25, -0.2) is 4.39 Å². The molecule has 1 unspecified atom stereocenters. The molecule has 0 aliphatic rings. The lowest BCUT2D eigenvalue weighted by Crippen LogP contribution is -2.36. The van der Waals surface area contributed by atoms with Crippen molar-refractivity contribution in [2.24, 2.45) is 0 Å². The third-order valence-corrected chi connectivity index (χ3v) is 2.20. The zero-order valence-corrected chi connectivity index (χ0v) is 9.43. The van der Waals surface area contributed by atoms with Gasteiger partial charge in [0.05, 0.1) is 11.4 Å². The molecule has 1 aromatic rings. The smallest absolute Gasteiger partial charge is 0.425 e. The van der Waals surface area contributed by atoms with E-state index in [4.69, 9.17) is 16.7 Å². The van der Waals surface area contributed by atoms with Gasteiger partial charge in [-0.05, 0) is 12.1 Å². The molecule has 0 aromatic heterocycles. The van der Waals surface area contributed by atoms with Crippen molar-refractivity contribution in [2.45, 2.75) is 18.7 Å². The summed E-state index contributed by atoms with van der Waals surface area (Å²) < 4.78 is 54.7. The number of hydrogen-bond donors (Lipinski definition) is 1. The van der Waals surface area contributed by atoms with Gasteiger partial charge in [-0.2, -0.15) is 13.2 Å². The van der Waals surface area contributed by atoms with Gasteiger partial charge < -0.3 is 9.84 Å². The molecule has 18 heavy (non-hydrogen) atoms. The van der Waals surface area contributed by atoms with Gasteiger partial charge in [0.2, 0.25) is 6.10 Å². The number of carbonyl (C=O) groups is 1. The molecule has 0 amide bonds. The topological polar surface area (TPSA) is 46.5 Å². The molecule has 0 aliphatic carbocycles. The summed E-state index contributed by atoms with van der Waals surface area (Å²) in [6.45, 7) is 0. The van der Waals surface area contributed by atoms with E-state index in [1.54, 1.807) is 0 Å². The number of carboxylic acids is 1. The van der Waals surface area contributed by atoms with Crippen molar-refractivity contribution in [2.75, 3.05) is 0 Å². The Morgan fingerprint density at radius 1 is 1.44 bits per heavy atom. The van der Waals surface area contributed by atoms with Gasteiger partial charge in [0.25, 0.3) is 0 Å². The molecule has 1 atom stereocenters. The summed E-state index contributed by atoms with van der Waals surface area (Å²) in [5.41, 5.74) is 0. The highest BCUT2D eigenvalue weighted by Gasteiger charge is 2.43. The number of halogens is 5. The third-order valence-electron chi connectivity index (χ3n) is 1.89. The summed E-state index contributed by atoms with van der Waals surface area (Å²) in [6.07, 6.45) is -8.68. The second kappa shape index (κ2) is 5.43. The molecule has 100 valence electrons. The highest BCUT2D eigenvalue weighted by Crippen LogP contribution is 2.29. The Morgan fingerprint density at radius 3 is 2.50 bits per heavy atom. The molecule has 1 N–H and O–H groups in total. The molecular formula is C10H7ClF4O3. The Kier molecular flexibility index (Phi) is 4.39. The molecule has 0 heterocycles. The molecule has 0 fully saturated rings. The minimum atomic E-state index is -4.87. The Morgan fingerprint density at radius 2 is 2.06 bits per heavy atom. The van der Waals surface area contributed by atoms with E-state index < -0.39 is 36.2 Å². The molecule has 3 nitrogen and oxygen atoms in total. The van der Waals surface area contributed by atoms with E-state index in [0.29, 0.717) is 6.07 Å². The van der Waals surface area contributed by atoms with Crippen molar-refractivity contribution in [1.29, 1.82) is 0 Å². The van der Waals surface area contributed by atoms with Crippen LogP contribution in [0.1, 0.15) is 6.42 Å². The quantitative estimate of drug-likeness (QED) is 0.864. The first-order valence-electron chi connectivity index (χ1n) is 4.60. The van der Waals surface area contributed by atoms with Crippen molar-refractivity contribution in [3.8, 4) is 5.75 Å². The summed E-state index contributed by atoms with van der Waals surface area (Å²) in [5.74, 6) is -3.07. The predicted octanol–water partition coefficient (Wildman–Crippen LogP) is 3.26. The number of hydrogen-bond acceptors (Lipinski definition) is 2. The van der Waals surface area contributed by atoms with Gasteiger partial charge >= 0.3 is 12.1 Å². The van der Waals surface area contributed by atoms with E-state index in [2.05, 4.69) is 4.74 Å². The molecule has 0 bridgehead atoms. The van der Waals surface area contributed by atoms with Crippen LogP contribution in [0.25, 0.3) is 0 Å². The van der Waals surface area contributed by atoms with Crippen LogP contribution in [0, 0.1) is 5.82 Å². The fourth-order valence-electron chi connectivity index (χ4n) is 1.10. The van der Waals surface area contributed by atoms with Gasteiger partial charge in [-0.1, -0.05) is 11.6 Å². The summed E-state index contributed by atoms with van der Waals surface area (Å²) >= 11 is 5.34. The lowest BCUT2D eigenvalue weighted by Gasteiger charge is -2.20. The number of carboxylic acid groups (broad SMARTS) is 1. The van der Waals surface area contributed by atoms with Crippen molar-refractivity contribution in [1.82, 2.24) is 0 Å². The third kappa shape index (κ3) is 4.06. The average molecular weight is 287 g/mol. The van der Waals surface area contributed by atoms with E-state index in [-0.39, 0.29) is 5.02 Å². The highest BCUT2D eigenvalue weighted by atomic mass is 35.5. The van der Waals surface area contributed by atoms with Gasteiger partial charge in [-0.3, -0.25) is 4.79 Å². The fourth-order valence-corrected chi connectivity index (χ4v) is 1.21. The lowest BCUT2D eigenvalue weighted by atomic mass is 10.2. The molecule has 0 spiro atoms. The van der Waals surface area contributed by atoms with Crippen LogP contribution < -0.4 is 4.74 Å². The first-order chi connectivity index (χ1) is 8.20. The van der Waals surface area contributed by atoms with E-state index in [1.807, 2.05) is 0 Å². The first kappa shape index (κ1) is 14.6. The van der Waals surface area contributed by atoms with Gasteiger partial charge in [0.1, 0.15) is 11.6 Å². The van der Waals surface area contributed by atoms with Crippen LogP contribution in [0.2, 0.25) is 5.02 Å². The highest BCUT2D eigenvalue weighted by molar-refractivity contribution is 6.30.